The number of aryl methyl sites for hydroxylation is 1. The summed E-state index contributed by atoms with van der Waals surface area (Å²) in [5, 5.41) is 3.05. The molecule has 1 aromatic carbocycles. The van der Waals surface area contributed by atoms with Gasteiger partial charge in [0.2, 0.25) is 15.9 Å². The molecule has 2 aromatic rings. The summed E-state index contributed by atoms with van der Waals surface area (Å²) in [5.41, 5.74) is 6.03. The fourth-order valence-electron chi connectivity index (χ4n) is 3.45. The number of benzene rings is 1. The van der Waals surface area contributed by atoms with Crippen molar-refractivity contribution in [2.24, 2.45) is 5.73 Å². The van der Waals surface area contributed by atoms with Gasteiger partial charge in [-0.1, -0.05) is 17.8 Å². The zero-order valence-corrected chi connectivity index (χ0v) is 20.5. The fourth-order valence-corrected chi connectivity index (χ4v) is 7.21. The second kappa shape index (κ2) is 10.2. The summed E-state index contributed by atoms with van der Waals surface area (Å²) in [6.07, 6.45) is 2.58. The number of hydrogen-bond acceptors (Lipinski definition) is 8. The van der Waals surface area contributed by atoms with Crippen molar-refractivity contribution in [3.8, 4) is 5.75 Å². The minimum absolute atomic E-state index is 0.0329. The number of hydrogen-bond donors (Lipinski definition) is 2. The lowest BCUT2D eigenvalue weighted by molar-refractivity contribution is -0.115. The normalized spacial score (nSPS) is 17.2. The van der Waals surface area contributed by atoms with E-state index in [0.717, 1.165) is 23.5 Å². The molecule has 2 amide bonds. The number of nitrogens with zero attached hydrogens (tertiary/aromatic N) is 2. The minimum atomic E-state index is -3.83. The van der Waals surface area contributed by atoms with Crippen LogP contribution in [0.3, 0.4) is 0 Å². The molecule has 0 unspecified atom stereocenters. The maximum absolute atomic E-state index is 13.3. The van der Waals surface area contributed by atoms with Gasteiger partial charge in [0.05, 0.1) is 22.8 Å². The summed E-state index contributed by atoms with van der Waals surface area (Å²) < 4.78 is 34.2. The highest BCUT2D eigenvalue weighted by Crippen LogP contribution is 2.34. The first-order valence-electron chi connectivity index (χ1n) is 10.0. The molecule has 1 saturated heterocycles. The van der Waals surface area contributed by atoms with Crippen LogP contribution in [-0.4, -0.2) is 55.0 Å². The Morgan fingerprint density at radius 2 is 2.12 bits per heavy atom. The van der Waals surface area contributed by atoms with Gasteiger partial charge in [0, 0.05) is 18.2 Å². The Morgan fingerprint density at radius 1 is 1.38 bits per heavy atom. The molecule has 12 heteroatoms. The Labute approximate surface area is 195 Å². The Balaban J connectivity index is 1.85. The molecule has 0 spiro atoms. The van der Waals surface area contributed by atoms with E-state index in [1.54, 1.807) is 6.92 Å². The molecule has 1 atom stereocenters. The molecule has 2 heterocycles. The first kappa shape index (κ1) is 24.5. The summed E-state index contributed by atoms with van der Waals surface area (Å²) >= 11 is 2.48. The number of thioether (sulfide) groups is 1. The number of nitrogens with one attached hydrogen (secondary N) is 1. The van der Waals surface area contributed by atoms with E-state index in [2.05, 4.69) is 10.3 Å². The van der Waals surface area contributed by atoms with Gasteiger partial charge in [0.25, 0.3) is 5.91 Å². The van der Waals surface area contributed by atoms with Gasteiger partial charge in [0.15, 0.2) is 5.13 Å². The van der Waals surface area contributed by atoms with Crippen molar-refractivity contribution < 1.29 is 22.7 Å². The third kappa shape index (κ3) is 5.42. The van der Waals surface area contributed by atoms with E-state index >= 15 is 0 Å². The number of aromatic nitrogens is 1. The number of nitrogens with two attached hydrogens (primary N) is 1. The van der Waals surface area contributed by atoms with E-state index in [4.69, 9.17) is 10.5 Å². The van der Waals surface area contributed by atoms with E-state index in [0.29, 0.717) is 17.4 Å². The average Bonchev–Trinajstić information content (AvgIpc) is 3.10. The lowest BCUT2D eigenvalue weighted by Crippen LogP contribution is -2.42. The summed E-state index contributed by atoms with van der Waals surface area (Å²) in [6.45, 7) is 4.10. The molecule has 0 radical (unpaired) electrons. The Kier molecular flexibility index (Phi) is 7.80. The van der Waals surface area contributed by atoms with Crippen LogP contribution in [0, 0.1) is 6.92 Å². The van der Waals surface area contributed by atoms with Crippen molar-refractivity contribution >= 4 is 50.1 Å². The summed E-state index contributed by atoms with van der Waals surface area (Å²) in [7, 11) is -2.43. The Bertz CT molecular complexity index is 1120. The molecule has 3 rings (SSSR count). The van der Waals surface area contributed by atoms with E-state index in [-0.39, 0.29) is 28.0 Å². The highest BCUT2D eigenvalue weighted by atomic mass is 32.2. The van der Waals surface area contributed by atoms with Gasteiger partial charge in [-0.3, -0.25) is 14.9 Å². The topological polar surface area (TPSA) is 132 Å². The summed E-state index contributed by atoms with van der Waals surface area (Å²) in [5.74, 6) is -0.626. The number of thiazole rings is 1. The van der Waals surface area contributed by atoms with Crippen molar-refractivity contribution in [1.82, 2.24) is 9.29 Å². The Hall–Kier alpha value is -2.15. The molecule has 3 N–H and O–H groups in total. The van der Waals surface area contributed by atoms with Gasteiger partial charge < -0.3 is 10.5 Å². The number of sulfonamides is 1. The van der Waals surface area contributed by atoms with Crippen molar-refractivity contribution in [1.29, 1.82) is 0 Å². The molecule has 1 aliphatic heterocycles. The highest BCUT2D eigenvalue weighted by Gasteiger charge is 2.33. The van der Waals surface area contributed by atoms with Crippen molar-refractivity contribution in [3.63, 3.8) is 0 Å². The van der Waals surface area contributed by atoms with Crippen LogP contribution in [-0.2, 0) is 14.8 Å². The number of primary amides is 1. The largest absolute Gasteiger partial charge is 0.495 e. The monoisotopic (exact) mass is 498 g/mol. The number of rotatable bonds is 8. The predicted molar refractivity (Wildman–Crippen MR) is 125 cm³/mol. The number of carbonyl (C=O) groups is 2. The van der Waals surface area contributed by atoms with Crippen molar-refractivity contribution in [2.45, 2.75) is 48.3 Å². The smallest absolute Gasteiger partial charge is 0.257 e. The number of amides is 2. The first-order chi connectivity index (χ1) is 15.1. The zero-order valence-electron chi connectivity index (χ0n) is 18.1. The molecule has 1 aliphatic rings. The van der Waals surface area contributed by atoms with Gasteiger partial charge in [-0.05, 0) is 44.9 Å². The van der Waals surface area contributed by atoms with Crippen molar-refractivity contribution in [2.75, 3.05) is 24.7 Å². The fraction of sp³-hybridized carbons (Fsp3) is 0.450. The number of carbonyl (C=O) groups excluding carboxylic acids is 2. The van der Waals surface area contributed by atoms with Crippen LogP contribution < -0.4 is 15.8 Å². The zero-order chi connectivity index (χ0) is 23.5. The van der Waals surface area contributed by atoms with Crippen LogP contribution in [0.4, 0.5) is 5.13 Å². The predicted octanol–water partition coefficient (Wildman–Crippen LogP) is 2.85. The highest BCUT2D eigenvalue weighted by molar-refractivity contribution is 8.01. The molecule has 1 fully saturated rings. The first-order valence-corrected chi connectivity index (χ1v) is 13.3. The van der Waals surface area contributed by atoms with Gasteiger partial charge in [-0.2, -0.15) is 4.31 Å². The van der Waals surface area contributed by atoms with Gasteiger partial charge >= 0.3 is 0 Å². The standard InChI is InChI=1S/C20H26N4O5S3/c1-12-6-4-5-9-24(12)32(27,28)16-10-14(7-8-15(16)29-3)18(26)23-20-22-13(2)19(31-20)30-11-17(21)25/h7-8,10,12H,4-6,9,11H2,1-3H3,(H2,21,25)(H,22,23,26)/t12-/m0/s1. The molecular weight excluding hydrogens is 472 g/mol. The molecular formula is C20H26N4O5S3. The maximum atomic E-state index is 13.3. The third-order valence-electron chi connectivity index (χ3n) is 5.07. The molecule has 32 heavy (non-hydrogen) atoms. The number of anilines is 1. The van der Waals surface area contributed by atoms with Crippen molar-refractivity contribution in [3.05, 3.63) is 29.5 Å². The number of ether oxygens (including phenoxy) is 1. The average molecular weight is 499 g/mol. The van der Waals surface area contributed by atoms with Gasteiger partial charge in [-0.25, -0.2) is 13.4 Å². The Morgan fingerprint density at radius 3 is 2.78 bits per heavy atom. The molecule has 174 valence electrons. The second-order valence-corrected chi connectivity index (χ2v) is 11.5. The van der Waals surface area contributed by atoms with E-state index < -0.39 is 21.8 Å². The number of piperidine rings is 1. The van der Waals surface area contributed by atoms with E-state index in [1.165, 1.54) is 52.7 Å². The van der Waals surface area contributed by atoms with Gasteiger partial charge in [-0.15, -0.1) is 11.8 Å². The van der Waals surface area contributed by atoms with Crippen LogP contribution in [0.15, 0.2) is 27.3 Å². The molecule has 0 saturated carbocycles. The van der Waals surface area contributed by atoms with Gasteiger partial charge in [0.1, 0.15) is 10.6 Å². The SMILES string of the molecule is COc1ccc(C(=O)Nc2nc(C)c(SCC(N)=O)s2)cc1S(=O)(=O)N1CCCC[C@@H]1C. The molecule has 0 bridgehead atoms. The second-order valence-electron chi connectivity index (χ2n) is 7.43. The van der Waals surface area contributed by atoms with E-state index in [1.807, 2.05) is 6.92 Å². The molecule has 1 aromatic heterocycles. The quantitative estimate of drug-likeness (QED) is 0.535. The van der Waals surface area contributed by atoms with E-state index in [9.17, 15) is 18.0 Å². The van der Waals surface area contributed by atoms with Crippen LogP contribution in [0.1, 0.15) is 42.2 Å². The molecule has 9 nitrogen and oxygen atoms in total. The lowest BCUT2D eigenvalue weighted by Gasteiger charge is -2.32. The third-order valence-corrected chi connectivity index (χ3v) is 9.57. The minimum Gasteiger partial charge on any atom is -0.495 e. The summed E-state index contributed by atoms with van der Waals surface area (Å²) in [6, 6.07) is 4.22. The van der Waals surface area contributed by atoms with Crippen LogP contribution >= 0.6 is 23.1 Å². The van der Waals surface area contributed by atoms with Crippen LogP contribution in [0.5, 0.6) is 5.75 Å². The van der Waals surface area contributed by atoms with Crippen LogP contribution in [0.25, 0.3) is 0 Å². The molecule has 0 aliphatic carbocycles. The maximum Gasteiger partial charge on any atom is 0.257 e. The summed E-state index contributed by atoms with van der Waals surface area (Å²) in [4.78, 5) is 28.1. The van der Waals surface area contributed by atoms with Crippen LogP contribution in [0.2, 0.25) is 0 Å². The number of methoxy groups -OCH3 is 1. The lowest BCUT2D eigenvalue weighted by atomic mass is 10.1.